The van der Waals surface area contributed by atoms with Crippen molar-refractivity contribution in [2.45, 2.75) is 13.0 Å². The molecule has 0 spiro atoms. The summed E-state index contributed by atoms with van der Waals surface area (Å²) in [7, 11) is 0. The van der Waals surface area contributed by atoms with E-state index in [1.807, 2.05) is 72.1 Å². The molecular weight excluding hydrogens is 516 g/mol. The molecule has 38 heavy (non-hydrogen) atoms. The lowest BCUT2D eigenvalue weighted by atomic mass is 10.0. The number of nitrogens with zero attached hydrogens (tertiary/aromatic N) is 3. The van der Waals surface area contributed by atoms with Crippen molar-refractivity contribution in [2.75, 3.05) is 16.8 Å². The average molecular weight is 539 g/mol. The second-order valence-corrected chi connectivity index (χ2v) is 10.8. The van der Waals surface area contributed by atoms with Gasteiger partial charge in [-0.25, -0.2) is 4.99 Å². The number of thiazole rings is 1. The Bertz CT molecular complexity index is 1810. The number of para-hydroxylation sites is 2. The Hall–Kier alpha value is -4.34. The van der Waals surface area contributed by atoms with E-state index in [0.29, 0.717) is 44.0 Å². The number of allylic oxidation sites excluding steroid dienone is 1. The lowest BCUT2D eigenvalue weighted by Gasteiger charge is -2.24. The highest BCUT2D eigenvalue weighted by atomic mass is 32.1. The summed E-state index contributed by atoms with van der Waals surface area (Å²) in [4.78, 5) is 48.9. The Kier molecular flexibility index (Phi) is 6.01. The van der Waals surface area contributed by atoms with Crippen LogP contribution in [0.2, 0.25) is 0 Å². The third kappa shape index (κ3) is 3.79. The van der Waals surface area contributed by atoms with Gasteiger partial charge in [-0.2, -0.15) is 0 Å². The Labute approximate surface area is 226 Å². The van der Waals surface area contributed by atoms with Crippen molar-refractivity contribution in [1.82, 2.24) is 4.57 Å². The summed E-state index contributed by atoms with van der Waals surface area (Å²) in [6.45, 7) is 5.89. The topological polar surface area (TPSA) is 83.8 Å². The van der Waals surface area contributed by atoms with Gasteiger partial charge in [0.15, 0.2) is 4.80 Å². The summed E-state index contributed by atoms with van der Waals surface area (Å²) in [5.74, 6) is -0.574. The van der Waals surface area contributed by atoms with Crippen LogP contribution < -0.4 is 25.1 Å². The fourth-order valence-electron chi connectivity index (χ4n) is 4.91. The van der Waals surface area contributed by atoms with Crippen molar-refractivity contribution in [3.05, 3.63) is 126 Å². The van der Waals surface area contributed by atoms with Gasteiger partial charge in [0.25, 0.3) is 17.4 Å². The number of fused-ring (bicyclic) bond motifs is 2. The van der Waals surface area contributed by atoms with E-state index in [2.05, 4.69) is 16.9 Å². The molecule has 2 aliphatic rings. The van der Waals surface area contributed by atoms with Crippen LogP contribution in [0.5, 0.6) is 0 Å². The molecule has 188 valence electrons. The van der Waals surface area contributed by atoms with Crippen molar-refractivity contribution >= 4 is 51.4 Å². The third-order valence-corrected chi connectivity index (χ3v) is 8.53. The van der Waals surface area contributed by atoms with Gasteiger partial charge in [-0.3, -0.25) is 19.0 Å². The first-order valence-electron chi connectivity index (χ1n) is 12.0. The monoisotopic (exact) mass is 538 g/mol. The number of thiophene rings is 1. The van der Waals surface area contributed by atoms with Crippen LogP contribution in [0.4, 0.5) is 11.4 Å². The molecule has 7 nitrogen and oxygen atoms in total. The van der Waals surface area contributed by atoms with Crippen LogP contribution >= 0.6 is 22.7 Å². The van der Waals surface area contributed by atoms with Crippen LogP contribution in [0, 0.1) is 0 Å². The smallest absolute Gasteiger partial charge is 0.272 e. The standard InChI is InChI=1S/C29H22N4O3S2/c1-3-15-32-20-13-8-7-12-19(20)23(27(32)35)25-28(36)33-24(21-14-9-16-37-21)22(17(2)30-29(33)38-25)26(34)31-18-10-5-4-6-11-18/h3-14,16,24H,1,15H2,2H3,(H,31,34)/b25-23+/t24-/m1/s1. The summed E-state index contributed by atoms with van der Waals surface area (Å²) in [5, 5.41) is 4.86. The largest absolute Gasteiger partial charge is 0.322 e. The second kappa shape index (κ2) is 9.51. The zero-order chi connectivity index (χ0) is 26.4. The van der Waals surface area contributed by atoms with Gasteiger partial charge in [0.2, 0.25) is 0 Å². The fourth-order valence-corrected chi connectivity index (χ4v) is 6.87. The predicted octanol–water partition coefficient (Wildman–Crippen LogP) is 3.84. The lowest BCUT2D eigenvalue weighted by Crippen LogP contribution is -2.41. The number of aromatic nitrogens is 1. The van der Waals surface area contributed by atoms with E-state index >= 15 is 0 Å². The maximum absolute atomic E-state index is 14.1. The van der Waals surface area contributed by atoms with Crippen LogP contribution in [0.3, 0.4) is 0 Å². The van der Waals surface area contributed by atoms with E-state index in [1.54, 1.807) is 22.5 Å². The molecule has 0 saturated heterocycles. The Morgan fingerprint density at radius 2 is 1.84 bits per heavy atom. The molecule has 6 rings (SSSR count). The zero-order valence-electron chi connectivity index (χ0n) is 20.4. The van der Waals surface area contributed by atoms with Crippen molar-refractivity contribution < 1.29 is 9.59 Å². The number of benzene rings is 2. The summed E-state index contributed by atoms with van der Waals surface area (Å²) < 4.78 is 1.87. The number of anilines is 2. The van der Waals surface area contributed by atoms with E-state index < -0.39 is 6.04 Å². The molecule has 0 unspecified atom stereocenters. The molecule has 2 aromatic carbocycles. The van der Waals surface area contributed by atoms with Gasteiger partial charge in [0, 0.05) is 22.7 Å². The van der Waals surface area contributed by atoms with Gasteiger partial charge in [-0.1, -0.05) is 59.9 Å². The Balaban J connectivity index is 1.57. The van der Waals surface area contributed by atoms with Gasteiger partial charge in [-0.05, 0) is 36.6 Å². The molecule has 0 aliphatic carbocycles. The second-order valence-electron chi connectivity index (χ2n) is 8.83. The van der Waals surface area contributed by atoms with Crippen molar-refractivity contribution in [3.63, 3.8) is 0 Å². The number of carbonyl (C=O) groups is 2. The minimum Gasteiger partial charge on any atom is -0.322 e. The van der Waals surface area contributed by atoms with Crippen LogP contribution in [0.1, 0.15) is 23.4 Å². The first-order valence-corrected chi connectivity index (χ1v) is 13.7. The zero-order valence-corrected chi connectivity index (χ0v) is 22.0. The molecule has 4 heterocycles. The normalized spacial score (nSPS) is 17.7. The van der Waals surface area contributed by atoms with Gasteiger partial charge >= 0.3 is 0 Å². The highest BCUT2D eigenvalue weighted by Gasteiger charge is 2.36. The van der Waals surface area contributed by atoms with E-state index in [0.717, 1.165) is 10.6 Å². The van der Waals surface area contributed by atoms with E-state index in [4.69, 9.17) is 0 Å². The highest BCUT2D eigenvalue weighted by Crippen LogP contribution is 2.36. The molecule has 2 aliphatic heterocycles. The summed E-state index contributed by atoms with van der Waals surface area (Å²) in [5.41, 5.74) is 3.03. The quantitative estimate of drug-likeness (QED) is 0.392. The molecule has 9 heteroatoms. The van der Waals surface area contributed by atoms with Crippen molar-refractivity contribution in [2.24, 2.45) is 4.99 Å². The van der Waals surface area contributed by atoms with Crippen LogP contribution in [-0.2, 0) is 9.59 Å². The molecule has 0 fully saturated rings. The number of rotatable bonds is 5. The number of nitrogens with one attached hydrogen (secondary N) is 1. The van der Waals surface area contributed by atoms with E-state index in [1.165, 1.54) is 22.7 Å². The third-order valence-electron chi connectivity index (χ3n) is 6.55. The highest BCUT2D eigenvalue weighted by molar-refractivity contribution is 7.10. The minimum absolute atomic E-state index is 0.248. The molecule has 4 aromatic rings. The number of hydrogen-bond donors (Lipinski definition) is 1. The van der Waals surface area contributed by atoms with Gasteiger partial charge < -0.3 is 10.2 Å². The predicted molar refractivity (Wildman–Crippen MR) is 151 cm³/mol. The molecule has 1 atom stereocenters. The van der Waals surface area contributed by atoms with E-state index in [-0.39, 0.29) is 17.4 Å². The Morgan fingerprint density at radius 3 is 2.58 bits per heavy atom. The fraction of sp³-hybridized carbons (Fsp3) is 0.103. The number of hydrogen-bond acceptors (Lipinski definition) is 6. The molecule has 2 amide bonds. The summed E-state index contributed by atoms with van der Waals surface area (Å²) >= 11 is 2.65. The average Bonchev–Trinajstić information content (AvgIpc) is 3.62. The van der Waals surface area contributed by atoms with Crippen molar-refractivity contribution in [3.8, 4) is 0 Å². The van der Waals surface area contributed by atoms with Crippen LogP contribution in [-0.4, -0.2) is 22.9 Å². The summed E-state index contributed by atoms with van der Waals surface area (Å²) in [6, 6.07) is 19.8. The van der Waals surface area contributed by atoms with Crippen LogP contribution in [0.15, 0.2) is 106 Å². The first kappa shape index (κ1) is 24.0. The maximum Gasteiger partial charge on any atom is 0.272 e. The van der Waals surface area contributed by atoms with Gasteiger partial charge in [-0.15, -0.1) is 17.9 Å². The number of amides is 2. The van der Waals surface area contributed by atoms with Crippen molar-refractivity contribution in [1.29, 1.82) is 0 Å². The molecule has 2 aromatic heterocycles. The SMILES string of the molecule is C=CCN1C(=O)/C(=c2/sc3n(c2=O)[C@H](c2cccs2)C(C(=O)Nc2ccccc2)=C(C)N=3)c2ccccc21. The van der Waals surface area contributed by atoms with Crippen LogP contribution in [0.25, 0.3) is 5.57 Å². The molecule has 1 N–H and O–H groups in total. The molecular formula is C29H22N4O3S2. The lowest BCUT2D eigenvalue weighted by molar-refractivity contribution is -0.114. The molecule has 0 saturated carbocycles. The van der Waals surface area contributed by atoms with Gasteiger partial charge in [0.05, 0.1) is 22.5 Å². The maximum atomic E-state index is 14.1. The minimum atomic E-state index is -0.666. The number of carbonyl (C=O) groups excluding carboxylic acids is 2. The molecule has 0 bridgehead atoms. The van der Waals surface area contributed by atoms with E-state index in [9.17, 15) is 14.4 Å². The summed E-state index contributed by atoms with van der Waals surface area (Å²) in [6.07, 6.45) is 1.66. The van der Waals surface area contributed by atoms with Gasteiger partial charge in [0.1, 0.15) is 10.6 Å². The molecule has 0 radical (unpaired) electrons. The Morgan fingerprint density at radius 1 is 1.08 bits per heavy atom. The first-order chi connectivity index (χ1) is 18.5.